The van der Waals surface area contributed by atoms with E-state index in [0.29, 0.717) is 27.1 Å². The number of rotatable bonds is 4. The number of amides is 1. The number of phenolic OH excluding ortho intramolecular Hbond substituents is 1. The fourth-order valence-electron chi connectivity index (χ4n) is 1.87. The third-order valence-corrected chi connectivity index (χ3v) is 3.86. The summed E-state index contributed by atoms with van der Waals surface area (Å²) in [5, 5.41) is 12.4. The minimum Gasteiger partial charge on any atom is -0.507 e. The van der Waals surface area contributed by atoms with Gasteiger partial charge in [-0.25, -0.2) is 0 Å². The molecule has 5 nitrogen and oxygen atoms in total. The second-order valence-electron chi connectivity index (χ2n) is 4.42. The first-order valence-electron chi connectivity index (χ1n) is 6.20. The maximum Gasteiger partial charge on any atom is 0.251 e. The van der Waals surface area contributed by atoms with Gasteiger partial charge in [0.25, 0.3) is 5.91 Å². The molecule has 0 atom stereocenters. The first kappa shape index (κ1) is 15.4. The average molecular weight is 398 g/mol. The molecule has 0 aromatic heterocycles. The maximum atomic E-state index is 12.1. The molecule has 0 radical (unpaired) electrons. The van der Waals surface area contributed by atoms with E-state index in [1.54, 1.807) is 37.4 Å². The molecule has 2 rings (SSSR count). The molecule has 2 aromatic carbocycles. The number of halogens is 1. The van der Waals surface area contributed by atoms with E-state index in [4.69, 9.17) is 10.5 Å². The Bertz CT molecular complexity index is 674. The van der Waals surface area contributed by atoms with Crippen LogP contribution in [0.15, 0.2) is 36.4 Å². The fraction of sp³-hybridized carbons (Fsp3) is 0.133. The van der Waals surface area contributed by atoms with Crippen molar-refractivity contribution >= 4 is 34.2 Å². The van der Waals surface area contributed by atoms with E-state index in [1.165, 1.54) is 6.07 Å². The molecule has 0 saturated heterocycles. The highest BCUT2D eigenvalue weighted by Crippen LogP contribution is 2.22. The Morgan fingerprint density at radius 2 is 2.10 bits per heavy atom. The molecule has 0 saturated carbocycles. The quantitative estimate of drug-likeness (QED) is 0.546. The number of carbonyl (C=O) groups is 1. The largest absolute Gasteiger partial charge is 0.507 e. The standard InChI is InChI=1S/C15H15IN2O3/c1-21-14-5-3-11(17)6-10(14)8-18-15(20)9-2-4-12(16)13(19)7-9/h2-7,19H,8,17H2,1H3,(H,18,20). The van der Waals surface area contributed by atoms with Crippen molar-refractivity contribution in [2.75, 3.05) is 12.8 Å². The number of nitrogen functional groups attached to an aromatic ring is 1. The molecule has 6 heteroatoms. The Morgan fingerprint density at radius 3 is 2.76 bits per heavy atom. The first-order chi connectivity index (χ1) is 10.0. The van der Waals surface area contributed by atoms with E-state index in [-0.39, 0.29) is 11.7 Å². The van der Waals surface area contributed by atoms with Crippen LogP contribution in [0.2, 0.25) is 0 Å². The number of carbonyl (C=O) groups excluding carboxylic acids is 1. The molecule has 2 aromatic rings. The zero-order valence-electron chi connectivity index (χ0n) is 11.4. The lowest BCUT2D eigenvalue weighted by atomic mass is 10.1. The average Bonchev–Trinajstić information content (AvgIpc) is 2.47. The van der Waals surface area contributed by atoms with Crippen LogP contribution in [0.5, 0.6) is 11.5 Å². The van der Waals surface area contributed by atoms with Crippen LogP contribution < -0.4 is 15.8 Å². The van der Waals surface area contributed by atoms with Crippen LogP contribution in [0, 0.1) is 3.57 Å². The summed E-state index contributed by atoms with van der Waals surface area (Å²) < 4.78 is 5.92. The van der Waals surface area contributed by atoms with Gasteiger partial charge in [-0.15, -0.1) is 0 Å². The fourth-order valence-corrected chi connectivity index (χ4v) is 2.20. The van der Waals surface area contributed by atoms with Gasteiger partial charge in [0, 0.05) is 23.4 Å². The number of phenols is 1. The van der Waals surface area contributed by atoms with Gasteiger partial charge in [0.2, 0.25) is 0 Å². The predicted octanol–water partition coefficient (Wildman–Crippen LogP) is 2.52. The second kappa shape index (κ2) is 6.66. The zero-order valence-corrected chi connectivity index (χ0v) is 13.5. The van der Waals surface area contributed by atoms with Gasteiger partial charge in [-0.2, -0.15) is 0 Å². The van der Waals surface area contributed by atoms with Crippen LogP contribution in [-0.2, 0) is 6.54 Å². The van der Waals surface area contributed by atoms with E-state index >= 15 is 0 Å². The summed E-state index contributed by atoms with van der Waals surface area (Å²) in [6.07, 6.45) is 0. The minimum absolute atomic E-state index is 0.0878. The molecule has 0 spiro atoms. The van der Waals surface area contributed by atoms with Crippen LogP contribution in [0.1, 0.15) is 15.9 Å². The van der Waals surface area contributed by atoms with Crippen LogP contribution in [0.4, 0.5) is 5.69 Å². The Labute approximate surface area is 136 Å². The normalized spacial score (nSPS) is 10.2. The Kier molecular flexibility index (Phi) is 4.89. The van der Waals surface area contributed by atoms with Gasteiger partial charge in [0.1, 0.15) is 11.5 Å². The molecule has 1 amide bonds. The number of anilines is 1. The van der Waals surface area contributed by atoms with Crippen LogP contribution in [0.25, 0.3) is 0 Å². The van der Waals surface area contributed by atoms with Gasteiger partial charge in [-0.1, -0.05) is 0 Å². The molecule has 0 heterocycles. The van der Waals surface area contributed by atoms with Crippen LogP contribution in [-0.4, -0.2) is 18.1 Å². The number of benzene rings is 2. The van der Waals surface area contributed by atoms with Gasteiger partial charge in [0.15, 0.2) is 0 Å². The highest BCUT2D eigenvalue weighted by atomic mass is 127. The van der Waals surface area contributed by atoms with E-state index in [2.05, 4.69) is 5.32 Å². The van der Waals surface area contributed by atoms with Crippen molar-refractivity contribution in [2.24, 2.45) is 0 Å². The van der Waals surface area contributed by atoms with Gasteiger partial charge < -0.3 is 20.9 Å². The third-order valence-electron chi connectivity index (χ3n) is 2.95. The van der Waals surface area contributed by atoms with Gasteiger partial charge >= 0.3 is 0 Å². The summed E-state index contributed by atoms with van der Waals surface area (Å²) >= 11 is 2.00. The monoisotopic (exact) mass is 398 g/mol. The molecule has 0 aliphatic heterocycles. The highest BCUT2D eigenvalue weighted by molar-refractivity contribution is 14.1. The van der Waals surface area contributed by atoms with Crippen molar-refractivity contribution in [1.82, 2.24) is 5.32 Å². The number of nitrogens with one attached hydrogen (secondary N) is 1. The number of methoxy groups -OCH3 is 1. The molecule has 0 aliphatic rings. The Balaban J connectivity index is 2.10. The summed E-state index contributed by atoms with van der Waals surface area (Å²) in [5.41, 5.74) is 7.53. The Morgan fingerprint density at radius 1 is 1.33 bits per heavy atom. The summed E-state index contributed by atoms with van der Waals surface area (Å²) in [5.74, 6) is 0.478. The molecular weight excluding hydrogens is 383 g/mol. The lowest BCUT2D eigenvalue weighted by molar-refractivity contribution is 0.0950. The molecule has 110 valence electrons. The van der Waals surface area contributed by atoms with E-state index < -0.39 is 0 Å². The van der Waals surface area contributed by atoms with E-state index in [0.717, 1.165) is 5.56 Å². The smallest absolute Gasteiger partial charge is 0.251 e. The van der Waals surface area contributed by atoms with Gasteiger partial charge in [0.05, 0.1) is 10.7 Å². The lowest BCUT2D eigenvalue weighted by Crippen LogP contribution is -2.23. The summed E-state index contributed by atoms with van der Waals surface area (Å²) in [4.78, 5) is 12.1. The number of hydrogen-bond donors (Lipinski definition) is 3. The zero-order chi connectivity index (χ0) is 15.4. The van der Waals surface area contributed by atoms with E-state index in [1.807, 2.05) is 22.6 Å². The lowest BCUT2D eigenvalue weighted by Gasteiger charge is -2.11. The number of aromatic hydroxyl groups is 1. The van der Waals surface area contributed by atoms with E-state index in [9.17, 15) is 9.90 Å². The Hall–Kier alpha value is -1.96. The summed E-state index contributed by atoms with van der Waals surface area (Å²) in [7, 11) is 1.56. The van der Waals surface area contributed by atoms with Crippen LogP contribution >= 0.6 is 22.6 Å². The van der Waals surface area contributed by atoms with Crippen molar-refractivity contribution in [1.29, 1.82) is 0 Å². The first-order valence-corrected chi connectivity index (χ1v) is 7.28. The van der Waals surface area contributed by atoms with Gasteiger partial charge in [-0.05, 0) is 59.0 Å². The number of hydrogen-bond acceptors (Lipinski definition) is 4. The minimum atomic E-state index is -0.272. The summed E-state index contributed by atoms with van der Waals surface area (Å²) in [6.45, 7) is 0.291. The molecule has 0 bridgehead atoms. The van der Waals surface area contributed by atoms with Crippen molar-refractivity contribution in [3.63, 3.8) is 0 Å². The van der Waals surface area contributed by atoms with Crippen LogP contribution in [0.3, 0.4) is 0 Å². The molecule has 0 unspecified atom stereocenters. The molecule has 0 aliphatic carbocycles. The topological polar surface area (TPSA) is 84.6 Å². The molecule has 21 heavy (non-hydrogen) atoms. The predicted molar refractivity (Wildman–Crippen MR) is 89.4 cm³/mol. The second-order valence-corrected chi connectivity index (χ2v) is 5.58. The number of ether oxygens (including phenoxy) is 1. The maximum absolute atomic E-state index is 12.1. The van der Waals surface area contributed by atoms with Crippen molar-refractivity contribution in [2.45, 2.75) is 6.54 Å². The SMILES string of the molecule is COc1ccc(N)cc1CNC(=O)c1ccc(I)c(O)c1. The molecular formula is C15H15IN2O3. The highest BCUT2D eigenvalue weighted by Gasteiger charge is 2.10. The summed E-state index contributed by atoms with van der Waals surface area (Å²) in [6, 6.07) is 10.0. The van der Waals surface area contributed by atoms with Gasteiger partial charge in [-0.3, -0.25) is 4.79 Å². The third kappa shape index (κ3) is 3.78. The molecule has 0 fully saturated rings. The number of nitrogens with two attached hydrogens (primary N) is 1. The van der Waals surface area contributed by atoms with Crippen molar-refractivity contribution in [3.8, 4) is 11.5 Å². The van der Waals surface area contributed by atoms with Crippen molar-refractivity contribution in [3.05, 3.63) is 51.1 Å². The molecule has 4 N–H and O–H groups in total. The van der Waals surface area contributed by atoms with Crippen molar-refractivity contribution < 1.29 is 14.6 Å².